The zero-order valence-corrected chi connectivity index (χ0v) is 33.7. The molecule has 6 aromatic rings. The third kappa shape index (κ3) is 7.92. The molecule has 1 fully saturated rings. The van der Waals surface area contributed by atoms with Crippen LogP contribution >= 0.6 is 12.4 Å². The van der Waals surface area contributed by atoms with Crippen LogP contribution in [-0.2, 0) is 4.79 Å². The van der Waals surface area contributed by atoms with Gasteiger partial charge in [0.25, 0.3) is 5.91 Å². The molecule has 16 heteroatoms. The molecule has 0 radical (unpaired) electrons. The van der Waals surface area contributed by atoms with E-state index in [0.29, 0.717) is 65.7 Å². The molecule has 0 aliphatic carbocycles. The van der Waals surface area contributed by atoms with E-state index in [2.05, 4.69) is 48.0 Å². The number of nitrogens with zero attached hydrogens (tertiary/aromatic N) is 3. The van der Waals surface area contributed by atoms with Crippen LogP contribution in [0.5, 0.6) is 17.2 Å². The van der Waals surface area contributed by atoms with Gasteiger partial charge in [-0.3, -0.25) is 14.6 Å². The number of hydrogen-bond acceptors (Lipinski definition) is 12. The third-order valence-corrected chi connectivity index (χ3v) is 11.3. The molecule has 0 bridgehead atoms. The lowest BCUT2D eigenvalue weighted by atomic mass is 9.84. The number of aromatic amines is 1. The summed E-state index contributed by atoms with van der Waals surface area (Å²) in [6.45, 7) is 5.36. The first-order valence-corrected chi connectivity index (χ1v) is 19.1. The molecule has 1 saturated heterocycles. The number of nitrogens with two attached hydrogens (primary N) is 1. The van der Waals surface area contributed by atoms with E-state index in [1.54, 1.807) is 33.1 Å². The summed E-state index contributed by atoms with van der Waals surface area (Å²) in [5, 5.41) is 33.4. The number of phenolic OH excluding ortho intramolecular Hbond substituents is 1. The van der Waals surface area contributed by atoms with Crippen molar-refractivity contribution in [2.45, 2.75) is 50.3 Å². The summed E-state index contributed by atoms with van der Waals surface area (Å²) < 4.78 is 24.8. The van der Waals surface area contributed by atoms with Gasteiger partial charge in [0.2, 0.25) is 0 Å². The lowest BCUT2D eigenvalue weighted by Gasteiger charge is -2.31. The normalized spacial score (nSPS) is 20.3. The average molecular weight is 825 g/mol. The number of ketones is 1. The second kappa shape index (κ2) is 16.3. The van der Waals surface area contributed by atoms with Gasteiger partial charge in [0.05, 0.1) is 37.3 Å². The molecule has 308 valence electrons. The Morgan fingerprint density at radius 3 is 2.41 bits per heavy atom. The predicted octanol–water partition coefficient (Wildman–Crippen LogP) is 5.59. The standard InChI is InChI=1S/C23H27FN4O4.C20H18N4O2.ClH/c1-23(2,30)15-10-25-11-17(15)27-21-13-8-19(31-3)20(32-4)9-16(13)26-22(28-21)14-7-12(24)5-6-18(14)29;21-18-9-17(25)19(24-18)11-5-6-22-20(26)14-8-16-13(7-12(11)14)10-3-1-2-4-15(10)23-16;/h5-9,15,17,25,29-30H,10-11H2,1-4H3,(H,26,27,28);1-4,7-8,11,19,23H,5-6,9H2,(H2,21,24)(H,22,26);1H/t15-,17?;;/m1../s1. The van der Waals surface area contributed by atoms with Crippen molar-refractivity contribution in [3.05, 3.63) is 83.7 Å². The van der Waals surface area contributed by atoms with E-state index < -0.39 is 17.5 Å². The number of aliphatic imine (C=N–C) groups is 1. The highest BCUT2D eigenvalue weighted by Crippen LogP contribution is 2.39. The summed E-state index contributed by atoms with van der Waals surface area (Å²) in [4.78, 5) is 42.0. The van der Waals surface area contributed by atoms with Crippen LogP contribution in [0.3, 0.4) is 0 Å². The van der Waals surface area contributed by atoms with Crippen molar-refractivity contribution < 1.29 is 33.7 Å². The van der Waals surface area contributed by atoms with E-state index in [1.807, 2.05) is 24.3 Å². The molecular formula is C43H46ClFN8O6. The number of phenols is 1. The van der Waals surface area contributed by atoms with Crippen LogP contribution in [0.15, 0.2) is 71.7 Å². The lowest BCUT2D eigenvalue weighted by molar-refractivity contribution is -0.118. The largest absolute Gasteiger partial charge is 0.507 e. The number of aromatic hydroxyl groups is 1. The van der Waals surface area contributed by atoms with Crippen LogP contribution < -0.4 is 31.2 Å². The maximum Gasteiger partial charge on any atom is 0.251 e. The molecule has 3 unspecified atom stereocenters. The summed E-state index contributed by atoms with van der Waals surface area (Å²) in [7, 11) is 3.07. The number of aromatic nitrogens is 3. The van der Waals surface area contributed by atoms with Gasteiger partial charge in [-0.25, -0.2) is 14.4 Å². The van der Waals surface area contributed by atoms with E-state index in [1.165, 1.54) is 25.3 Å². The fourth-order valence-electron chi connectivity index (χ4n) is 8.35. The van der Waals surface area contributed by atoms with Gasteiger partial charge in [0.1, 0.15) is 29.3 Å². The highest BCUT2D eigenvalue weighted by atomic mass is 35.5. The molecule has 0 spiro atoms. The molecule has 3 aliphatic rings. The first-order chi connectivity index (χ1) is 27.8. The number of rotatable bonds is 7. The Morgan fingerprint density at radius 1 is 0.915 bits per heavy atom. The number of para-hydroxylation sites is 1. The van der Waals surface area contributed by atoms with Crippen LogP contribution in [0.1, 0.15) is 48.5 Å². The van der Waals surface area contributed by atoms with Crippen molar-refractivity contribution in [1.29, 1.82) is 0 Å². The summed E-state index contributed by atoms with van der Waals surface area (Å²) in [5.74, 6) is 1.10. The summed E-state index contributed by atoms with van der Waals surface area (Å²) in [6, 6.07) is 18.5. The number of ether oxygens (including phenoxy) is 2. The van der Waals surface area contributed by atoms with Gasteiger partial charge in [-0.1, -0.05) is 18.2 Å². The zero-order chi connectivity index (χ0) is 40.9. The van der Waals surface area contributed by atoms with Gasteiger partial charge < -0.3 is 46.4 Å². The monoisotopic (exact) mass is 824 g/mol. The minimum Gasteiger partial charge on any atom is -0.507 e. The van der Waals surface area contributed by atoms with Gasteiger partial charge in [0, 0.05) is 76.3 Å². The van der Waals surface area contributed by atoms with Crippen molar-refractivity contribution >= 4 is 68.5 Å². The second-order valence-electron chi connectivity index (χ2n) is 15.5. The number of anilines is 1. The molecule has 0 saturated carbocycles. The van der Waals surface area contributed by atoms with Gasteiger partial charge in [-0.15, -0.1) is 12.4 Å². The number of halogens is 2. The van der Waals surface area contributed by atoms with E-state index in [4.69, 9.17) is 15.2 Å². The maximum absolute atomic E-state index is 13.9. The Balaban J connectivity index is 0.000000179. The van der Waals surface area contributed by atoms with Crippen LogP contribution in [0.2, 0.25) is 0 Å². The molecule has 4 aromatic carbocycles. The first-order valence-electron chi connectivity index (χ1n) is 19.1. The molecule has 5 heterocycles. The molecule has 3 aliphatic heterocycles. The summed E-state index contributed by atoms with van der Waals surface area (Å²) in [5.41, 5.74) is 9.04. The molecular weight excluding hydrogens is 779 g/mol. The topological polar surface area (TPSA) is 209 Å². The number of carbonyl (C=O) groups is 2. The Bertz CT molecular complexity index is 2630. The number of nitrogens with one attached hydrogen (secondary N) is 4. The molecule has 2 aromatic heterocycles. The molecule has 9 rings (SSSR count). The molecule has 4 atom stereocenters. The van der Waals surface area contributed by atoms with E-state index >= 15 is 0 Å². The Morgan fingerprint density at radius 2 is 1.68 bits per heavy atom. The Kier molecular flexibility index (Phi) is 11.4. The minimum atomic E-state index is -0.908. The number of methoxy groups -OCH3 is 2. The fourth-order valence-corrected chi connectivity index (χ4v) is 8.35. The molecule has 8 N–H and O–H groups in total. The van der Waals surface area contributed by atoms with Crippen molar-refractivity contribution in [3.8, 4) is 28.6 Å². The number of amidine groups is 1. The predicted molar refractivity (Wildman–Crippen MR) is 228 cm³/mol. The first kappa shape index (κ1) is 41.1. The van der Waals surface area contributed by atoms with Crippen molar-refractivity contribution in [3.63, 3.8) is 0 Å². The number of Topliss-reactive ketones (excluding diaryl/α,β-unsaturated/α-hetero) is 1. The van der Waals surface area contributed by atoms with Gasteiger partial charge >= 0.3 is 0 Å². The number of H-pyrrole nitrogens is 1. The van der Waals surface area contributed by atoms with Crippen molar-refractivity contribution in [1.82, 2.24) is 25.6 Å². The van der Waals surface area contributed by atoms with Crippen molar-refractivity contribution in [2.24, 2.45) is 16.6 Å². The van der Waals surface area contributed by atoms with E-state index in [-0.39, 0.29) is 65.5 Å². The zero-order valence-electron chi connectivity index (χ0n) is 32.9. The summed E-state index contributed by atoms with van der Waals surface area (Å²) in [6.07, 6.45) is 0.868. The fraction of sp³-hybridized carbons (Fsp3) is 0.326. The van der Waals surface area contributed by atoms with Crippen LogP contribution in [0.4, 0.5) is 10.2 Å². The number of carbonyl (C=O) groups excluding carboxylic acids is 2. The lowest BCUT2D eigenvalue weighted by Crippen LogP contribution is -2.42. The van der Waals surface area contributed by atoms with Crippen LogP contribution in [0, 0.1) is 11.7 Å². The summed E-state index contributed by atoms with van der Waals surface area (Å²) >= 11 is 0. The Labute approximate surface area is 345 Å². The molecule has 59 heavy (non-hydrogen) atoms. The SMILES string of the molecule is COc1cc2nc(-c3cc(F)ccc3O)nc(NC3CNC[C@H]3C(C)(C)O)c2cc1OC.Cl.NC1=NC(C2CCNC(=O)c3cc4[nH]c5ccccc5c4cc32)C(=O)C1. The van der Waals surface area contributed by atoms with Crippen LogP contribution in [0.25, 0.3) is 44.1 Å². The number of benzene rings is 4. The highest BCUT2D eigenvalue weighted by molar-refractivity contribution is 6.11. The quantitative estimate of drug-likeness (QED) is 0.106. The number of fused-ring (bicyclic) bond motifs is 5. The van der Waals surface area contributed by atoms with E-state index in [9.17, 15) is 24.2 Å². The Hall–Kier alpha value is -6.03. The van der Waals surface area contributed by atoms with Gasteiger partial charge in [-0.05, 0) is 68.3 Å². The number of hydrogen-bond donors (Lipinski definition) is 7. The second-order valence-corrected chi connectivity index (χ2v) is 15.5. The van der Waals surface area contributed by atoms with Crippen molar-refractivity contribution in [2.75, 3.05) is 39.2 Å². The minimum absolute atomic E-state index is 0. The van der Waals surface area contributed by atoms with Crippen LogP contribution in [-0.4, -0.2) is 94.2 Å². The molecule has 14 nitrogen and oxygen atoms in total. The van der Waals surface area contributed by atoms with Gasteiger partial charge in [-0.2, -0.15) is 0 Å². The highest BCUT2D eigenvalue weighted by Gasteiger charge is 2.39. The number of aliphatic hydroxyl groups is 1. The maximum atomic E-state index is 13.9. The molecule has 1 amide bonds. The average Bonchev–Trinajstić information content (AvgIpc) is 3.89. The van der Waals surface area contributed by atoms with Gasteiger partial charge in [0.15, 0.2) is 23.1 Å². The smallest absolute Gasteiger partial charge is 0.251 e. The number of amides is 1. The third-order valence-electron chi connectivity index (χ3n) is 11.3. The van der Waals surface area contributed by atoms with E-state index in [0.717, 1.165) is 27.4 Å².